The number of hydrogen-bond acceptors (Lipinski definition) is 2. The van der Waals surface area contributed by atoms with Gasteiger partial charge in [0.1, 0.15) is 0 Å². The zero-order valence-electron chi connectivity index (χ0n) is 11.8. The van der Waals surface area contributed by atoms with Gasteiger partial charge in [0.25, 0.3) is 0 Å². The third-order valence-corrected chi connectivity index (χ3v) is 3.61. The molecule has 0 amide bonds. The van der Waals surface area contributed by atoms with E-state index in [0.717, 1.165) is 23.1 Å². The summed E-state index contributed by atoms with van der Waals surface area (Å²) < 4.78 is 5.38. The van der Waals surface area contributed by atoms with Crippen LogP contribution in [0.15, 0.2) is 41.5 Å². The van der Waals surface area contributed by atoms with Crippen molar-refractivity contribution in [2.75, 3.05) is 0 Å². The first-order valence-corrected chi connectivity index (χ1v) is 6.94. The Hall–Kier alpha value is -2.30. The topological polar surface area (TPSA) is 44.8 Å². The van der Waals surface area contributed by atoms with Crippen LogP contribution in [0.2, 0.25) is 0 Å². The van der Waals surface area contributed by atoms with Crippen molar-refractivity contribution in [1.82, 2.24) is 18.9 Å². The fourth-order valence-electron chi connectivity index (χ4n) is 2.53. The number of imidazole rings is 1. The molecule has 0 atom stereocenters. The van der Waals surface area contributed by atoms with Crippen LogP contribution in [0.4, 0.5) is 0 Å². The summed E-state index contributed by atoms with van der Waals surface area (Å²) in [5, 5.41) is 5.74. The van der Waals surface area contributed by atoms with Gasteiger partial charge in [-0.3, -0.25) is 13.8 Å². The lowest BCUT2D eigenvalue weighted by Crippen LogP contribution is -2.24. The molecule has 5 nitrogen and oxygen atoms in total. The van der Waals surface area contributed by atoms with Crippen LogP contribution in [0.5, 0.6) is 0 Å². The van der Waals surface area contributed by atoms with E-state index in [9.17, 15) is 4.79 Å². The van der Waals surface area contributed by atoms with E-state index in [1.54, 1.807) is 9.13 Å². The van der Waals surface area contributed by atoms with E-state index in [1.165, 1.54) is 0 Å². The first-order valence-electron chi connectivity index (χ1n) is 6.94. The maximum atomic E-state index is 12.1. The summed E-state index contributed by atoms with van der Waals surface area (Å²) in [6.07, 6.45) is 3.65. The molecule has 104 valence electrons. The standard InChI is InChI=1S/C15H18N4O/c1-3-17-9-10-18(15(17)20)11-13-12-7-5-6-8-14(12)19(4-2)16-13/h5-10H,3-4,11H2,1-2H3. The minimum atomic E-state index is 0.0163. The summed E-state index contributed by atoms with van der Waals surface area (Å²) in [6, 6.07) is 8.15. The smallest absolute Gasteiger partial charge is 0.300 e. The van der Waals surface area contributed by atoms with Crippen molar-refractivity contribution in [2.45, 2.75) is 33.5 Å². The molecule has 0 spiro atoms. The van der Waals surface area contributed by atoms with Crippen LogP contribution in [0.3, 0.4) is 0 Å². The Balaban J connectivity index is 2.06. The number of hydrogen-bond donors (Lipinski definition) is 0. The Kier molecular flexibility index (Phi) is 3.18. The second-order valence-electron chi connectivity index (χ2n) is 4.77. The van der Waals surface area contributed by atoms with Crippen LogP contribution in [0.25, 0.3) is 10.9 Å². The van der Waals surface area contributed by atoms with Gasteiger partial charge in [-0.2, -0.15) is 5.10 Å². The number of aryl methyl sites for hydroxylation is 2. The van der Waals surface area contributed by atoms with E-state index in [4.69, 9.17) is 0 Å². The largest absolute Gasteiger partial charge is 0.328 e. The molecule has 0 fully saturated rings. The van der Waals surface area contributed by atoms with Gasteiger partial charge in [0, 0.05) is 30.9 Å². The van der Waals surface area contributed by atoms with Crippen molar-refractivity contribution in [1.29, 1.82) is 0 Å². The van der Waals surface area contributed by atoms with Gasteiger partial charge in [-0.1, -0.05) is 18.2 Å². The SMILES string of the molecule is CCn1ccn(Cc2nn(CC)c3ccccc23)c1=O. The monoisotopic (exact) mass is 270 g/mol. The zero-order valence-corrected chi connectivity index (χ0v) is 11.8. The lowest BCUT2D eigenvalue weighted by molar-refractivity contribution is 0.632. The third kappa shape index (κ3) is 1.95. The molecule has 2 aromatic heterocycles. The highest BCUT2D eigenvalue weighted by Crippen LogP contribution is 2.18. The van der Waals surface area contributed by atoms with E-state index in [2.05, 4.69) is 24.2 Å². The molecular weight excluding hydrogens is 252 g/mol. The molecule has 0 saturated carbocycles. The average molecular weight is 270 g/mol. The van der Waals surface area contributed by atoms with Gasteiger partial charge in [-0.25, -0.2) is 4.79 Å². The Morgan fingerprint density at radius 1 is 1.05 bits per heavy atom. The number of nitrogens with zero attached hydrogens (tertiary/aromatic N) is 4. The highest BCUT2D eigenvalue weighted by molar-refractivity contribution is 5.81. The van der Waals surface area contributed by atoms with Gasteiger partial charge in [0.15, 0.2) is 0 Å². The first kappa shape index (κ1) is 12.7. The quantitative estimate of drug-likeness (QED) is 0.728. The van der Waals surface area contributed by atoms with Gasteiger partial charge in [-0.05, 0) is 19.9 Å². The van der Waals surface area contributed by atoms with E-state index < -0.39 is 0 Å². The molecule has 0 aliphatic rings. The van der Waals surface area contributed by atoms with Crippen molar-refractivity contribution in [3.8, 4) is 0 Å². The molecule has 3 aromatic rings. The summed E-state index contributed by atoms with van der Waals surface area (Å²) in [5.74, 6) is 0. The lowest BCUT2D eigenvalue weighted by Gasteiger charge is -1.99. The lowest BCUT2D eigenvalue weighted by atomic mass is 10.2. The normalized spacial score (nSPS) is 11.3. The summed E-state index contributed by atoms with van der Waals surface area (Å²) >= 11 is 0. The third-order valence-electron chi connectivity index (χ3n) is 3.61. The van der Waals surface area contributed by atoms with Crippen molar-refractivity contribution in [2.24, 2.45) is 0 Å². The molecule has 0 aliphatic heterocycles. The second kappa shape index (κ2) is 5.00. The van der Waals surface area contributed by atoms with Crippen LogP contribution in [0.1, 0.15) is 19.5 Å². The van der Waals surface area contributed by atoms with Crippen LogP contribution in [-0.4, -0.2) is 18.9 Å². The van der Waals surface area contributed by atoms with Crippen molar-refractivity contribution >= 4 is 10.9 Å². The molecule has 0 unspecified atom stereocenters. The minimum absolute atomic E-state index is 0.0163. The van der Waals surface area contributed by atoms with E-state index >= 15 is 0 Å². The first-order chi connectivity index (χ1) is 9.74. The Morgan fingerprint density at radius 2 is 1.80 bits per heavy atom. The molecule has 0 bridgehead atoms. The van der Waals surface area contributed by atoms with E-state index in [0.29, 0.717) is 13.1 Å². The fraction of sp³-hybridized carbons (Fsp3) is 0.333. The van der Waals surface area contributed by atoms with Crippen LogP contribution >= 0.6 is 0 Å². The summed E-state index contributed by atoms with van der Waals surface area (Å²) in [5.41, 5.74) is 2.08. The maximum absolute atomic E-state index is 12.1. The molecule has 5 heteroatoms. The molecule has 20 heavy (non-hydrogen) atoms. The number of fused-ring (bicyclic) bond motifs is 1. The van der Waals surface area contributed by atoms with E-state index in [-0.39, 0.29) is 5.69 Å². The van der Waals surface area contributed by atoms with E-state index in [1.807, 2.05) is 36.1 Å². The van der Waals surface area contributed by atoms with Crippen molar-refractivity contribution < 1.29 is 0 Å². The minimum Gasteiger partial charge on any atom is -0.300 e. The number of aromatic nitrogens is 4. The Bertz CT molecular complexity index is 794. The Labute approximate surface area is 117 Å². The second-order valence-corrected chi connectivity index (χ2v) is 4.77. The maximum Gasteiger partial charge on any atom is 0.328 e. The van der Waals surface area contributed by atoms with Crippen LogP contribution in [0, 0.1) is 0 Å². The van der Waals surface area contributed by atoms with Crippen molar-refractivity contribution in [3.63, 3.8) is 0 Å². The summed E-state index contributed by atoms with van der Waals surface area (Å²) in [7, 11) is 0. The van der Waals surface area contributed by atoms with Gasteiger partial charge in [-0.15, -0.1) is 0 Å². The number of rotatable bonds is 4. The molecule has 0 radical (unpaired) electrons. The fourth-order valence-corrected chi connectivity index (χ4v) is 2.53. The highest BCUT2D eigenvalue weighted by atomic mass is 16.1. The molecule has 2 heterocycles. The van der Waals surface area contributed by atoms with Gasteiger partial charge >= 0.3 is 5.69 Å². The van der Waals surface area contributed by atoms with Crippen molar-refractivity contribution in [3.05, 3.63) is 52.8 Å². The molecule has 1 aromatic carbocycles. The predicted octanol–water partition coefficient (Wildman–Crippen LogP) is 2.09. The zero-order chi connectivity index (χ0) is 14.1. The molecule has 3 rings (SSSR count). The van der Waals surface area contributed by atoms with Gasteiger partial charge < -0.3 is 0 Å². The highest BCUT2D eigenvalue weighted by Gasteiger charge is 2.11. The van der Waals surface area contributed by atoms with Crippen LogP contribution < -0.4 is 5.69 Å². The van der Waals surface area contributed by atoms with Gasteiger partial charge in [0.2, 0.25) is 0 Å². The molecule has 0 saturated heterocycles. The van der Waals surface area contributed by atoms with Gasteiger partial charge in [0.05, 0.1) is 17.8 Å². The number of benzene rings is 1. The molecule has 0 aliphatic carbocycles. The predicted molar refractivity (Wildman–Crippen MR) is 78.9 cm³/mol. The Morgan fingerprint density at radius 3 is 2.50 bits per heavy atom. The summed E-state index contributed by atoms with van der Waals surface area (Å²) in [6.45, 7) is 6.07. The molecular formula is C15H18N4O. The molecule has 0 N–H and O–H groups in total. The summed E-state index contributed by atoms with van der Waals surface area (Å²) in [4.78, 5) is 12.1. The average Bonchev–Trinajstić information content (AvgIpc) is 3.01. The number of para-hydroxylation sites is 1. The van der Waals surface area contributed by atoms with Crippen LogP contribution in [-0.2, 0) is 19.6 Å².